The molecule has 3 N–H and O–H groups in total. The van der Waals surface area contributed by atoms with Crippen LogP contribution < -0.4 is 11.3 Å². The molecule has 1 unspecified atom stereocenters. The van der Waals surface area contributed by atoms with Crippen molar-refractivity contribution < 1.29 is 0 Å². The quantitative estimate of drug-likeness (QED) is 0.560. The van der Waals surface area contributed by atoms with Gasteiger partial charge in [0.2, 0.25) is 0 Å². The molecule has 1 atom stereocenters. The molecule has 21 heavy (non-hydrogen) atoms. The van der Waals surface area contributed by atoms with Crippen molar-refractivity contribution in [2.45, 2.75) is 19.4 Å². The number of nitrogens with two attached hydrogens (primary N) is 1. The van der Waals surface area contributed by atoms with Crippen LogP contribution in [0.2, 0.25) is 0 Å². The lowest BCUT2D eigenvalue weighted by atomic mass is 10.0. The number of hydrogen-bond donors (Lipinski definition) is 2. The van der Waals surface area contributed by atoms with Gasteiger partial charge < -0.3 is 0 Å². The van der Waals surface area contributed by atoms with Gasteiger partial charge in [-0.05, 0) is 13.0 Å². The Balaban J connectivity index is 1.98. The first kappa shape index (κ1) is 13.8. The van der Waals surface area contributed by atoms with Gasteiger partial charge in [-0.25, -0.2) is 0 Å². The molecule has 0 aliphatic rings. The molecule has 0 aliphatic carbocycles. The van der Waals surface area contributed by atoms with Crippen molar-refractivity contribution in [3.05, 3.63) is 47.4 Å². The summed E-state index contributed by atoms with van der Waals surface area (Å²) in [6.45, 7) is 2.04. The summed E-state index contributed by atoms with van der Waals surface area (Å²) >= 11 is 0. The molecule has 0 aliphatic heterocycles. The summed E-state index contributed by atoms with van der Waals surface area (Å²) in [5.41, 5.74) is 7.28. The Labute approximate surface area is 123 Å². The second-order valence-corrected chi connectivity index (χ2v) is 5.32. The lowest BCUT2D eigenvalue weighted by molar-refractivity contribution is 0.539. The van der Waals surface area contributed by atoms with Crippen LogP contribution in [0.5, 0.6) is 0 Å². The fourth-order valence-corrected chi connectivity index (χ4v) is 2.75. The molecule has 110 valence electrons. The van der Waals surface area contributed by atoms with E-state index in [4.69, 9.17) is 5.84 Å². The van der Waals surface area contributed by atoms with Crippen molar-refractivity contribution in [3.8, 4) is 0 Å². The number of nitrogens with one attached hydrogen (secondary N) is 1. The molecule has 3 aromatic rings. The molecule has 6 nitrogen and oxygen atoms in total. The van der Waals surface area contributed by atoms with Crippen LogP contribution in [-0.4, -0.2) is 19.6 Å². The summed E-state index contributed by atoms with van der Waals surface area (Å²) in [6.07, 6.45) is 2.59. The van der Waals surface area contributed by atoms with Crippen LogP contribution in [0.4, 0.5) is 0 Å². The predicted molar refractivity (Wildman–Crippen MR) is 82.4 cm³/mol. The van der Waals surface area contributed by atoms with Crippen LogP contribution in [0, 0.1) is 6.92 Å². The van der Waals surface area contributed by atoms with Crippen molar-refractivity contribution in [1.29, 1.82) is 0 Å². The molecule has 0 radical (unpaired) electrons. The van der Waals surface area contributed by atoms with E-state index in [9.17, 15) is 0 Å². The monoisotopic (exact) mass is 284 g/mol. The molecule has 1 aromatic carbocycles. The fourth-order valence-electron chi connectivity index (χ4n) is 2.75. The molecule has 2 heterocycles. The minimum Gasteiger partial charge on any atom is -0.273 e. The van der Waals surface area contributed by atoms with Gasteiger partial charge in [0.1, 0.15) is 0 Å². The van der Waals surface area contributed by atoms with Crippen LogP contribution in [0.3, 0.4) is 0 Å². The highest BCUT2D eigenvalue weighted by molar-refractivity contribution is 5.81. The number of hydrogen-bond acceptors (Lipinski definition) is 4. The van der Waals surface area contributed by atoms with Crippen molar-refractivity contribution >= 4 is 10.9 Å². The summed E-state index contributed by atoms with van der Waals surface area (Å²) in [4.78, 5) is 0. The molecule has 0 bridgehead atoms. The molecule has 0 saturated carbocycles. The Bertz CT molecular complexity index is 770. The summed E-state index contributed by atoms with van der Waals surface area (Å²) in [5, 5.41) is 10.1. The molecular formula is C15H20N6. The topological polar surface area (TPSA) is 73.7 Å². The first-order valence-corrected chi connectivity index (χ1v) is 6.97. The van der Waals surface area contributed by atoms with Crippen LogP contribution >= 0.6 is 0 Å². The standard InChI is InChI=1S/C15H20N6/c1-10-12(9-17-20(10)2)13(18-16)8-14-11-6-4-5-7-15(11)21(3)19-14/h4-7,9,13,18H,8,16H2,1-3H3. The maximum absolute atomic E-state index is 5.76. The second kappa shape index (κ2) is 5.31. The number of para-hydroxylation sites is 1. The predicted octanol–water partition coefficient (Wildman–Crippen LogP) is 1.36. The van der Waals surface area contributed by atoms with Crippen molar-refractivity contribution in [2.75, 3.05) is 0 Å². The average molecular weight is 284 g/mol. The van der Waals surface area contributed by atoms with E-state index < -0.39 is 0 Å². The van der Waals surface area contributed by atoms with Gasteiger partial charge in [0.05, 0.1) is 23.4 Å². The third-order valence-corrected chi connectivity index (χ3v) is 4.08. The van der Waals surface area contributed by atoms with Crippen LogP contribution in [0.15, 0.2) is 30.5 Å². The molecule has 6 heteroatoms. The number of aromatic nitrogens is 4. The minimum atomic E-state index is -0.00277. The zero-order valence-electron chi connectivity index (χ0n) is 12.5. The van der Waals surface area contributed by atoms with Gasteiger partial charge in [-0.1, -0.05) is 18.2 Å². The van der Waals surface area contributed by atoms with Gasteiger partial charge in [-0.15, -0.1) is 0 Å². The molecule has 2 aromatic heterocycles. The third kappa shape index (κ3) is 2.32. The van der Waals surface area contributed by atoms with E-state index in [1.807, 2.05) is 48.7 Å². The van der Waals surface area contributed by atoms with Gasteiger partial charge >= 0.3 is 0 Å². The van der Waals surface area contributed by atoms with Gasteiger partial charge in [-0.3, -0.25) is 20.6 Å². The van der Waals surface area contributed by atoms with Crippen molar-refractivity contribution in [3.63, 3.8) is 0 Å². The number of rotatable bonds is 4. The van der Waals surface area contributed by atoms with E-state index in [1.165, 1.54) is 5.39 Å². The molecule has 0 fully saturated rings. The van der Waals surface area contributed by atoms with Crippen molar-refractivity contribution in [2.24, 2.45) is 19.9 Å². The third-order valence-electron chi connectivity index (χ3n) is 4.08. The molecule has 0 saturated heterocycles. The summed E-state index contributed by atoms with van der Waals surface area (Å²) in [6, 6.07) is 8.23. The van der Waals surface area contributed by atoms with Crippen LogP contribution in [0.25, 0.3) is 10.9 Å². The van der Waals surface area contributed by atoms with Gasteiger partial charge in [0, 0.05) is 37.2 Å². The first-order valence-electron chi connectivity index (χ1n) is 6.97. The van der Waals surface area contributed by atoms with Crippen molar-refractivity contribution in [1.82, 2.24) is 25.0 Å². The van der Waals surface area contributed by atoms with E-state index in [-0.39, 0.29) is 6.04 Å². The fraction of sp³-hybridized carbons (Fsp3) is 0.333. The number of benzene rings is 1. The lowest BCUT2D eigenvalue weighted by Crippen LogP contribution is -2.30. The van der Waals surface area contributed by atoms with Crippen LogP contribution in [-0.2, 0) is 20.5 Å². The van der Waals surface area contributed by atoms with E-state index >= 15 is 0 Å². The second-order valence-electron chi connectivity index (χ2n) is 5.32. The Morgan fingerprint density at radius 3 is 2.67 bits per heavy atom. The molecule has 3 rings (SSSR count). The summed E-state index contributed by atoms with van der Waals surface area (Å²) in [7, 11) is 3.90. The van der Waals surface area contributed by atoms with E-state index in [0.29, 0.717) is 0 Å². The molecular weight excluding hydrogens is 264 g/mol. The van der Waals surface area contributed by atoms with Gasteiger partial charge in [-0.2, -0.15) is 10.2 Å². The Hall–Kier alpha value is -2.18. The number of fused-ring (bicyclic) bond motifs is 1. The highest BCUT2D eigenvalue weighted by Crippen LogP contribution is 2.24. The molecule has 0 amide bonds. The first-order chi connectivity index (χ1) is 10.1. The minimum absolute atomic E-state index is 0.00277. The Morgan fingerprint density at radius 1 is 1.24 bits per heavy atom. The number of hydrazine groups is 1. The highest BCUT2D eigenvalue weighted by Gasteiger charge is 2.19. The Kier molecular flexibility index (Phi) is 3.48. The highest BCUT2D eigenvalue weighted by atomic mass is 15.3. The zero-order chi connectivity index (χ0) is 15.0. The number of aryl methyl sites for hydroxylation is 2. The zero-order valence-corrected chi connectivity index (χ0v) is 12.5. The summed E-state index contributed by atoms with van der Waals surface area (Å²) < 4.78 is 3.77. The van der Waals surface area contributed by atoms with Gasteiger partial charge in [0.25, 0.3) is 0 Å². The molecule has 0 spiro atoms. The number of nitrogens with zero attached hydrogens (tertiary/aromatic N) is 4. The maximum Gasteiger partial charge on any atom is 0.0722 e. The largest absolute Gasteiger partial charge is 0.273 e. The van der Waals surface area contributed by atoms with Gasteiger partial charge in [0.15, 0.2) is 0 Å². The van der Waals surface area contributed by atoms with E-state index in [0.717, 1.165) is 28.9 Å². The normalized spacial score (nSPS) is 13.0. The summed E-state index contributed by atoms with van der Waals surface area (Å²) in [5.74, 6) is 5.76. The SMILES string of the molecule is Cc1c(C(Cc2nn(C)c3ccccc23)NN)cnn1C. The average Bonchev–Trinajstić information content (AvgIpc) is 2.99. The Morgan fingerprint density at radius 2 is 2.00 bits per heavy atom. The lowest BCUT2D eigenvalue weighted by Gasteiger charge is -2.14. The smallest absolute Gasteiger partial charge is 0.0722 e. The van der Waals surface area contributed by atoms with Crippen LogP contribution in [0.1, 0.15) is 23.0 Å². The van der Waals surface area contributed by atoms with E-state index in [1.54, 1.807) is 0 Å². The van der Waals surface area contributed by atoms with E-state index in [2.05, 4.69) is 27.8 Å². The maximum atomic E-state index is 5.76.